The minimum absolute atomic E-state index is 0.0945. The number of halogens is 2. The van der Waals surface area contributed by atoms with Gasteiger partial charge in [-0.3, -0.25) is 0 Å². The quantitative estimate of drug-likeness (QED) is 0.854. The van der Waals surface area contributed by atoms with Crippen LogP contribution >= 0.6 is 15.9 Å². The molecular formula is C12H16BrFN2. The van der Waals surface area contributed by atoms with Crippen LogP contribution in [-0.4, -0.2) is 26.2 Å². The molecule has 0 bridgehead atoms. The van der Waals surface area contributed by atoms with Gasteiger partial charge in [-0.2, -0.15) is 0 Å². The van der Waals surface area contributed by atoms with Gasteiger partial charge >= 0.3 is 0 Å². The van der Waals surface area contributed by atoms with Gasteiger partial charge in [-0.25, -0.2) is 4.39 Å². The van der Waals surface area contributed by atoms with Crippen molar-refractivity contribution in [1.29, 1.82) is 0 Å². The van der Waals surface area contributed by atoms with Crippen molar-refractivity contribution in [2.45, 2.75) is 13.8 Å². The molecule has 1 saturated heterocycles. The maximum absolute atomic E-state index is 13.9. The Morgan fingerprint density at radius 3 is 2.50 bits per heavy atom. The SMILES string of the molecule is Cc1c(Br)cc(N2CCNCC2)c(C)c1F. The normalized spacial score (nSPS) is 16.6. The standard InChI is InChI=1S/C12H16BrFN2/c1-8-10(13)7-11(9(2)12(8)14)16-5-3-15-4-6-16/h7,15H,3-6H2,1-2H3. The Morgan fingerprint density at radius 1 is 1.25 bits per heavy atom. The van der Waals surface area contributed by atoms with Crippen LogP contribution in [0.25, 0.3) is 0 Å². The first-order valence-corrected chi connectivity index (χ1v) is 6.31. The number of nitrogens with zero attached hydrogens (tertiary/aromatic N) is 1. The number of hydrogen-bond donors (Lipinski definition) is 1. The van der Waals surface area contributed by atoms with Crippen LogP contribution in [0.2, 0.25) is 0 Å². The van der Waals surface area contributed by atoms with E-state index >= 15 is 0 Å². The van der Waals surface area contributed by atoms with E-state index in [2.05, 4.69) is 26.1 Å². The van der Waals surface area contributed by atoms with Crippen molar-refractivity contribution in [1.82, 2.24) is 5.32 Å². The van der Waals surface area contributed by atoms with Gasteiger partial charge in [0.15, 0.2) is 0 Å². The molecule has 16 heavy (non-hydrogen) atoms. The summed E-state index contributed by atoms with van der Waals surface area (Å²) in [5.41, 5.74) is 2.45. The van der Waals surface area contributed by atoms with Crippen molar-refractivity contribution >= 4 is 21.6 Å². The molecule has 1 aromatic rings. The molecule has 0 radical (unpaired) electrons. The van der Waals surface area contributed by atoms with Gasteiger partial charge in [-0.05, 0) is 25.5 Å². The molecule has 1 heterocycles. The number of rotatable bonds is 1. The summed E-state index contributed by atoms with van der Waals surface area (Å²) in [6.07, 6.45) is 0. The van der Waals surface area contributed by atoms with Crippen LogP contribution in [0.15, 0.2) is 10.5 Å². The lowest BCUT2D eigenvalue weighted by Gasteiger charge is -2.31. The second kappa shape index (κ2) is 4.72. The second-order valence-electron chi connectivity index (χ2n) is 4.18. The monoisotopic (exact) mass is 286 g/mol. The molecule has 2 rings (SSSR count). The lowest BCUT2D eigenvalue weighted by atomic mass is 10.1. The molecule has 0 saturated carbocycles. The third-order valence-corrected chi connectivity index (χ3v) is 3.95. The van der Waals surface area contributed by atoms with Gasteiger partial charge in [-0.1, -0.05) is 15.9 Å². The molecular weight excluding hydrogens is 271 g/mol. The highest BCUT2D eigenvalue weighted by atomic mass is 79.9. The van der Waals surface area contributed by atoms with Gasteiger partial charge < -0.3 is 10.2 Å². The summed E-state index contributed by atoms with van der Waals surface area (Å²) in [4.78, 5) is 2.24. The molecule has 0 unspecified atom stereocenters. The van der Waals surface area contributed by atoms with E-state index in [0.717, 1.165) is 41.9 Å². The highest BCUT2D eigenvalue weighted by Crippen LogP contribution is 2.31. The van der Waals surface area contributed by atoms with Crippen LogP contribution in [0.5, 0.6) is 0 Å². The fourth-order valence-electron chi connectivity index (χ4n) is 2.07. The highest BCUT2D eigenvalue weighted by Gasteiger charge is 2.17. The van der Waals surface area contributed by atoms with E-state index in [0.29, 0.717) is 5.56 Å². The number of anilines is 1. The lowest BCUT2D eigenvalue weighted by molar-refractivity contribution is 0.579. The summed E-state index contributed by atoms with van der Waals surface area (Å²) < 4.78 is 14.8. The lowest BCUT2D eigenvalue weighted by Crippen LogP contribution is -2.43. The average molecular weight is 287 g/mol. The molecule has 0 amide bonds. The fraction of sp³-hybridized carbons (Fsp3) is 0.500. The summed E-state index contributed by atoms with van der Waals surface area (Å²) in [7, 11) is 0. The smallest absolute Gasteiger partial charge is 0.132 e. The minimum atomic E-state index is -0.0945. The molecule has 0 aromatic heterocycles. The van der Waals surface area contributed by atoms with Crippen LogP contribution in [0.1, 0.15) is 11.1 Å². The van der Waals surface area contributed by atoms with E-state index in [4.69, 9.17) is 0 Å². The first-order chi connectivity index (χ1) is 7.61. The molecule has 1 N–H and O–H groups in total. The topological polar surface area (TPSA) is 15.3 Å². The highest BCUT2D eigenvalue weighted by molar-refractivity contribution is 9.10. The molecule has 1 aromatic carbocycles. The van der Waals surface area contributed by atoms with Crippen molar-refractivity contribution in [2.24, 2.45) is 0 Å². The molecule has 4 heteroatoms. The van der Waals surface area contributed by atoms with Crippen molar-refractivity contribution < 1.29 is 4.39 Å². The molecule has 0 spiro atoms. The largest absolute Gasteiger partial charge is 0.369 e. The maximum atomic E-state index is 13.9. The first kappa shape index (κ1) is 11.9. The van der Waals surface area contributed by atoms with Gasteiger partial charge in [0.05, 0.1) is 0 Å². The van der Waals surface area contributed by atoms with Gasteiger partial charge in [-0.15, -0.1) is 0 Å². The zero-order chi connectivity index (χ0) is 11.7. The molecule has 1 aliphatic heterocycles. The minimum Gasteiger partial charge on any atom is -0.369 e. The van der Waals surface area contributed by atoms with Crippen LogP contribution in [0.3, 0.4) is 0 Å². The maximum Gasteiger partial charge on any atom is 0.132 e. The van der Waals surface area contributed by atoms with E-state index in [1.54, 1.807) is 6.92 Å². The molecule has 2 nitrogen and oxygen atoms in total. The zero-order valence-corrected chi connectivity index (χ0v) is 11.2. The van der Waals surface area contributed by atoms with Crippen molar-refractivity contribution in [3.8, 4) is 0 Å². The van der Waals surface area contributed by atoms with Crippen LogP contribution in [0, 0.1) is 19.7 Å². The third-order valence-electron chi connectivity index (χ3n) is 3.12. The van der Waals surface area contributed by atoms with Crippen LogP contribution < -0.4 is 10.2 Å². The van der Waals surface area contributed by atoms with E-state index in [-0.39, 0.29) is 5.82 Å². The number of nitrogens with one attached hydrogen (secondary N) is 1. The van der Waals surface area contributed by atoms with E-state index in [1.165, 1.54) is 0 Å². The van der Waals surface area contributed by atoms with E-state index < -0.39 is 0 Å². The predicted molar refractivity (Wildman–Crippen MR) is 68.7 cm³/mol. The Balaban J connectivity index is 2.40. The predicted octanol–water partition coefficient (Wildman–Crippen LogP) is 2.61. The first-order valence-electron chi connectivity index (χ1n) is 5.52. The molecule has 0 aliphatic carbocycles. The zero-order valence-electron chi connectivity index (χ0n) is 9.61. The molecule has 0 atom stereocenters. The Labute approximate surface area is 104 Å². The Kier molecular flexibility index (Phi) is 3.50. The molecule has 88 valence electrons. The Hall–Kier alpha value is -0.610. The summed E-state index contributed by atoms with van der Waals surface area (Å²) in [5, 5.41) is 3.30. The Morgan fingerprint density at radius 2 is 1.88 bits per heavy atom. The molecule has 1 fully saturated rings. The van der Waals surface area contributed by atoms with Crippen molar-refractivity contribution in [3.63, 3.8) is 0 Å². The van der Waals surface area contributed by atoms with Crippen LogP contribution in [0.4, 0.5) is 10.1 Å². The van der Waals surface area contributed by atoms with Crippen molar-refractivity contribution in [2.75, 3.05) is 31.1 Å². The number of benzene rings is 1. The van der Waals surface area contributed by atoms with Gasteiger partial charge in [0, 0.05) is 41.9 Å². The van der Waals surface area contributed by atoms with Crippen LogP contribution in [-0.2, 0) is 0 Å². The summed E-state index contributed by atoms with van der Waals surface area (Å²) >= 11 is 3.42. The Bertz CT molecular complexity index is 400. The fourth-order valence-corrected chi connectivity index (χ4v) is 2.46. The van der Waals surface area contributed by atoms with Gasteiger partial charge in [0.2, 0.25) is 0 Å². The summed E-state index contributed by atoms with van der Waals surface area (Å²) in [6, 6.07) is 2.03. The number of hydrogen-bond acceptors (Lipinski definition) is 2. The average Bonchev–Trinajstić information content (AvgIpc) is 2.32. The second-order valence-corrected chi connectivity index (χ2v) is 5.03. The van der Waals surface area contributed by atoms with E-state index in [1.807, 2.05) is 13.0 Å². The molecule has 1 aliphatic rings. The summed E-state index contributed by atoms with van der Waals surface area (Å²) in [6.45, 7) is 7.46. The van der Waals surface area contributed by atoms with Gasteiger partial charge in [0.1, 0.15) is 5.82 Å². The van der Waals surface area contributed by atoms with Gasteiger partial charge in [0.25, 0.3) is 0 Å². The van der Waals surface area contributed by atoms with Crippen molar-refractivity contribution in [3.05, 3.63) is 27.5 Å². The number of piperazine rings is 1. The van der Waals surface area contributed by atoms with E-state index in [9.17, 15) is 4.39 Å². The third kappa shape index (κ3) is 2.09. The summed E-state index contributed by atoms with van der Waals surface area (Å²) in [5.74, 6) is -0.0945.